The number of hydrogen-bond donors (Lipinski definition) is 1. The number of carbonyl (C=O) groups excluding carboxylic acids is 2. The number of aromatic carboxylic acids is 1. The highest BCUT2D eigenvalue weighted by atomic mass is 32.2. The first-order valence-electron chi connectivity index (χ1n) is 14.8. The fraction of sp³-hybridized carbons (Fsp3) is 0.371. The average Bonchev–Trinajstić information content (AvgIpc) is 2.99. The van der Waals surface area contributed by atoms with E-state index in [1.54, 1.807) is 12.1 Å². The van der Waals surface area contributed by atoms with Gasteiger partial charge in [0.05, 0.1) is 23.3 Å². The number of fused-ring (bicyclic) bond motifs is 2. The molecule has 4 fully saturated rings. The number of esters is 1. The lowest BCUT2D eigenvalue weighted by atomic mass is 9.49. The molecule has 220 valence electrons. The zero-order valence-corrected chi connectivity index (χ0v) is 25.2. The molecule has 0 radical (unpaired) electrons. The van der Waals surface area contributed by atoms with Crippen LogP contribution in [0.25, 0.3) is 25.1 Å². The van der Waals surface area contributed by atoms with Crippen molar-refractivity contribution >= 4 is 48.4 Å². The largest absolute Gasteiger partial charge is 0.493 e. The molecule has 1 heterocycles. The molecule has 4 aromatic rings. The molecule has 3 aromatic carbocycles. The smallest absolute Gasteiger partial charge is 0.341 e. The van der Waals surface area contributed by atoms with Crippen molar-refractivity contribution in [2.45, 2.75) is 51.9 Å². The Balaban J connectivity index is 1.42. The number of methoxy groups -OCH3 is 1. The van der Waals surface area contributed by atoms with Gasteiger partial charge in [0.1, 0.15) is 11.3 Å². The van der Waals surface area contributed by atoms with Crippen LogP contribution in [0.5, 0.6) is 11.5 Å². The van der Waals surface area contributed by atoms with Gasteiger partial charge in [0.25, 0.3) is 0 Å². The first kappa shape index (κ1) is 27.8. The molecule has 0 amide bonds. The number of carbonyl (C=O) groups is 3. The Hall–Kier alpha value is -4.04. The first-order valence-corrected chi connectivity index (χ1v) is 16.1. The SMILES string of the molecule is COc1cc(C(=O)O)c(-[s+]2c3ccccc3c(=O)c3cc(C(C)C)ccc32)cc1OC(=O)C12CC3CC(C1)C(=O)C(C3)C2. The van der Waals surface area contributed by atoms with Crippen LogP contribution in [0, 0.1) is 23.2 Å². The summed E-state index contributed by atoms with van der Waals surface area (Å²) in [7, 11) is 0.442. The van der Waals surface area contributed by atoms with E-state index in [1.165, 1.54) is 13.2 Å². The van der Waals surface area contributed by atoms with E-state index in [-0.39, 0.29) is 52.0 Å². The van der Waals surface area contributed by atoms with E-state index in [1.807, 2.05) is 36.4 Å². The maximum Gasteiger partial charge on any atom is 0.341 e. The molecule has 4 aliphatic carbocycles. The summed E-state index contributed by atoms with van der Waals surface area (Å²) in [6, 6.07) is 16.2. The quantitative estimate of drug-likeness (QED) is 0.108. The minimum atomic E-state index is -1.15. The van der Waals surface area contributed by atoms with E-state index >= 15 is 0 Å². The standard InChI is InChI=1S/C35H32O7S/c1-18(2)20-8-9-29-24(12-20)32(37)23-6-4-5-7-28(23)43(29)30-14-27(26(41-3)13-25(30)33(38)39)42-34(40)35-15-19-10-21(16-35)31(36)22(11-19)17-35/h4-9,12-14,18-19,21-22H,10-11,15-17H2,1-3H3/p+1. The molecule has 0 saturated heterocycles. The van der Waals surface area contributed by atoms with Crippen molar-refractivity contribution < 1.29 is 29.0 Å². The predicted molar refractivity (Wildman–Crippen MR) is 166 cm³/mol. The highest BCUT2D eigenvalue weighted by Crippen LogP contribution is 2.59. The highest BCUT2D eigenvalue weighted by molar-refractivity contribution is 7.49. The van der Waals surface area contributed by atoms with E-state index in [4.69, 9.17) is 9.47 Å². The third kappa shape index (κ3) is 4.29. The summed E-state index contributed by atoms with van der Waals surface area (Å²) < 4.78 is 13.2. The van der Waals surface area contributed by atoms with Crippen LogP contribution in [0.3, 0.4) is 0 Å². The van der Waals surface area contributed by atoms with Crippen molar-refractivity contribution in [2.75, 3.05) is 7.11 Å². The predicted octanol–water partition coefficient (Wildman–Crippen LogP) is 7.22. The van der Waals surface area contributed by atoms with Gasteiger partial charge in [0, 0.05) is 34.4 Å². The Labute approximate surface area is 251 Å². The Kier molecular flexibility index (Phi) is 6.47. The Morgan fingerprint density at radius 1 is 0.907 bits per heavy atom. The summed E-state index contributed by atoms with van der Waals surface area (Å²) in [4.78, 5) is 53.5. The molecule has 4 bridgehead atoms. The third-order valence-electron chi connectivity index (χ3n) is 9.83. The second-order valence-electron chi connectivity index (χ2n) is 12.8. The first-order chi connectivity index (χ1) is 20.6. The molecule has 0 spiro atoms. The van der Waals surface area contributed by atoms with Gasteiger partial charge in [0.2, 0.25) is 5.43 Å². The van der Waals surface area contributed by atoms with Crippen molar-refractivity contribution in [1.29, 1.82) is 0 Å². The van der Waals surface area contributed by atoms with E-state index in [2.05, 4.69) is 13.8 Å². The molecule has 4 saturated carbocycles. The van der Waals surface area contributed by atoms with Crippen molar-refractivity contribution in [3.8, 4) is 16.4 Å². The van der Waals surface area contributed by atoms with Crippen molar-refractivity contribution in [1.82, 2.24) is 0 Å². The number of hydrogen-bond acceptors (Lipinski definition) is 6. The van der Waals surface area contributed by atoms with Gasteiger partial charge in [-0.1, -0.05) is 32.0 Å². The summed E-state index contributed by atoms with van der Waals surface area (Å²) in [5, 5.41) is 11.5. The maximum atomic E-state index is 13.9. The summed E-state index contributed by atoms with van der Waals surface area (Å²) >= 11 is 0. The normalized spacial score (nSPS) is 24.6. The Morgan fingerprint density at radius 2 is 1.60 bits per heavy atom. The maximum absolute atomic E-state index is 13.9. The van der Waals surface area contributed by atoms with Crippen molar-refractivity contribution in [3.63, 3.8) is 0 Å². The average molecular weight is 598 g/mol. The van der Waals surface area contributed by atoms with Crippen LogP contribution >= 0.6 is 10.5 Å². The molecule has 8 rings (SSSR count). The lowest BCUT2D eigenvalue weighted by Crippen LogP contribution is -2.55. The number of ether oxygens (including phenoxy) is 2. The van der Waals surface area contributed by atoms with E-state index in [9.17, 15) is 24.3 Å². The van der Waals surface area contributed by atoms with Gasteiger partial charge in [-0.15, -0.1) is 0 Å². The molecule has 0 aliphatic heterocycles. The fourth-order valence-electron chi connectivity index (χ4n) is 7.92. The minimum absolute atomic E-state index is 0.0171. The monoisotopic (exact) mass is 597 g/mol. The number of ketones is 1. The van der Waals surface area contributed by atoms with Gasteiger partial charge in [-0.2, -0.15) is 0 Å². The molecule has 1 aromatic heterocycles. The van der Waals surface area contributed by atoms with E-state index in [0.717, 1.165) is 27.8 Å². The zero-order valence-electron chi connectivity index (χ0n) is 24.3. The zero-order chi connectivity index (χ0) is 30.2. The number of Topliss-reactive ketones (excluding diaryl/α,β-unsaturated/α-hetero) is 1. The lowest BCUT2D eigenvalue weighted by Gasteiger charge is -2.53. The Morgan fingerprint density at radius 3 is 2.28 bits per heavy atom. The molecule has 7 nitrogen and oxygen atoms in total. The van der Waals surface area contributed by atoms with Crippen LogP contribution in [0.2, 0.25) is 0 Å². The number of benzene rings is 3. The van der Waals surface area contributed by atoms with Gasteiger partial charge in [-0.3, -0.25) is 14.4 Å². The number of carboxylic acids is 1. The fourth-order valence-corrected chi connectivity index (χ4v) is 10.4. The second-order valence-corrected chi connectivity index (χ2v) is 14.7. The van der Waals surface area contributed by atoms with Crippen LogP contribution < -0.4 is 14.9 Å². The van der Waals surface area contributed by atoms with Crippen molar-refractivity contribution in [3.05, 3.63) is 75.9 Å². The van der Waals surface area contributed by atoms with Crippen LogP contribution in [0.15, 0.2) is 59.4 Å². The van der Waals surface area contributed by atoms with Crippen LogP contribution in [0.4, 0.5) is 0 Å². The molecular weight excluding hydrogens is 564 g/mol. The van der Waals surface area contributed by atoms with Gasteiger partial charge in [0.15, 0.2) is 25.8 Å². The van der Waals surface area contributed by atoms with Crippen LogP contribution in [-0.4, -0.2) is 29.9 Å². The molecule has 43 heavy (non-hydrogen) atoms. The van der Waals surface area contributed by atoms with Gasteiger partial charge >= 0.3 is 11.9 Å². The van der Waals surface area contributed by atoms with Crippen LogP contribution in [0.1, 0.15) is 67.8 Å². The molecule has 3 unspecified atom stereocenters. The molecule has 8 heteroatoms. The Bertz CT molecular complexity index is 1900. The highest BCUT2D eigenvalue weighted by Gasteiger charge is 2.59. The second kappa shape index (κ2) is 10.0. The van der Waals surface area contributed by atoms with E-state index in [0.29, 0.717) is 40.8 Å². The molecular formula is C35H33O7S+. The van der Waals surface area contributed by atoms with Crippen LogP contribution in [-0.2, 0) is 9.59 Å². The molecule has 1 N–H and O–H groups in total. The van der Waals surface area contributed by atoms with Gasteiger partial charge in [-0.05, 0) is 73.8 Å². The minimum Gasteiger partial charge on any atom is -0.493 e. The lowest BCUT2D eigenvalue weighted by molar-refractivity contribution is -0.167. The third-order valence-corrected chi connectivity index (χ3v) is 12.2. The summed E-state index contributed by atoms with van der Waals surface area (Å²) in [6.45, 7) is 4.13. The van der Waals surface area contributed by atoms with Gasteiger partial charge < -0.3 is 14.6 Å². The number of carboxylic acid groups (broad SMARTS) is 1. The topological polar surface area (TPSA) is 107 Å². The molecule has 3 atom stereocenters. The van der Waals surface area contributed by atoms with E-state index < -0.39 is 21.9 Å². The van der Waals surface area contributed by atoms with Crippen molar-refractivity contribution in [2.24, 2.45) is 23.2 Å². The summed E-state index contributed by atoms with van der Waals surface area (Å²) in [5.41, 5.74) is 0.230. The number of rotatable bonds is 6. The summed E-state index contributed by atoms with van der Waals surface area (Å²) in [6.07, 6.45) is 3.42. The molecule has 4 aliphatic rings. The summed E-state index contributed by atoms with van der Waals surface area (Å²) in [5.74, 6) is -0.558. The van der Waals surface area contributed by atoms with Gasteiger partial charge in [-0.25, -0.2) is 4.79 Å².